The Morgan fingerprint density at radius 2 is 1.81 bits per heavy atom. The van der Waals surface area contributed by atoms with Gasteiger partial charge in [-0.25, -0.2) is 0 Å². The normalized spacial score (nSPS) is 13.2. The molecule has 0 heterocycles. The van der Waals surface area contributed by atoms with Gasteiger partial charge < -0.3 is 4.74 Å². The van der Waals surface area contributed by atoms with E-state index in [1.165, 1.54) is 12.7 Å². The highest BCUT2D eigenvalue weighted by molar-refractivity contribution is 6.77. The predicted octanol–water partition coefficient (Wildman–Crippen LogP) is 3.21. The van der Waals surface area contributed by atoms with Crippen LogP contribution in [0.15, 0.2) is 30.3 Å². The summed E-state index contributed by atoms with van der Waals surface area (Å²) in [6, 6.07) is 10.3. The second-order valence-corrected chi connectivity index (χ2v) is 10.5. The van der Waals surface area contributed by atoms with Crippen LogP contribution in [0.2, 0.25) is 19.6 Å². The van der Waals surface area contributed by atoms with Crippen LogP contribution < -0.4 is 0 Å². The van der Waals surface area contributed by atoms with Crippen LogP contribution >= 0.6 is 0 Å². The van der Waals surface area contributed by atoms with Gasteiger partial charge in [0.1, 0.15) is 0 Å². The van der Waals surface area contributed by atoms with Crippen LogP contribution in [-0.2, 0) is 9.53 Å². The second-order valence-electron chi connectivity index (χ2n) is 5.11. The molecule has 0 saturated carbocycles. The molecule has 0 radical (unpaired) electrons. The molecule has 0 aliphatic carbocycles. The van der Waals surface area contributed by atoms with E-state index in [-0.39, 0.29) is 5.97 Å². The van der Waals surface area contributed by atoms with Crippen molar-refractivity contribution in [2.24, 2.45) is 0 Å². The van der Waals surface area contributed by atoms with Crippen molar-refractivity contribution in [2.45, 2.75) is 31.6 Å². The number of rotatable bonds is 4. The highest BCUT2D eigenvalue weighted by Gasteiger charge is 2.30. The van der Waals surface area contributed by atoms with Crippen LogP contribution in [0.3, 0.4) is 0 Å². The molecular weight excluding hydrogens is 216 g/mol. The summed E-state index contributed by atoms with van der Waals surface area (Å²) in [6.45, 7) is 6.86. The largest absolute Gasteiger partial charge is 0.469 e. The molecule has 0 amide bonds. The van der Waals surface area contributed by atoms with Crippen molar-refractivity contribution in [1.29, 1.82) is 0 Å². The molecule has 2 nitrogen and oxygen atoms in total. The molecule has 3 heteroatoms. The Kier molecular flexibility index (Phi) is 4.30. The zero-order valence-electron chi connectivity index (χ0n) is 10.5. The zero-order valence-corrected chi connectivity index (χ0v) is 11.5. The quantitative estimate of drug-likeness (QED) is 0.593. The maximum absolute atomic E-state index is 11.4. The summed E-state index contributed by atoms with van der Waals surface area (Å²) >= 11 is 0. The molecule has 0 N–H and O–H groups in total. The molecule has 0 aromatic heterocycles. The van der Waals surface area contributed by atoms with E-state index in [2.05, 4.69) is 31.8 Å². The first-order chi connectivity index (χ1) is 7.45. The highest BCUT2D eigenvalue weighted by Crippen LogP contribution is 2.30. The van der Waals surface area contributed by atoms with E-state index >= 15 is 0 Å². The smallest absolute Gasteiger partial charge is 0.305 e. The first-order valence-corrected chi connectivity index (χ1v) is 9.14. The number of methoxy groups -OCH3 is 1. The zero-order chi connectivity index (χ0) is 12.2. The summed E-state index contributed by atoms with van der Waals surface area (Å²) < 4.78 is 4.78. The monoisotopic (exact) mass is 236 g/mol. The van der Waals surface area contributed by atoms with E-state index in [1.54, 1.807) is 0 Å². The van der Waals surface area contributed by atoms with E-state index in [0.717, 1.165) is 0 Å². The molecule has 0 saturated heterocycles. The molecule has 1 rings (SSSR count). The first-order valence-electron chi connectivity index (χ1n) is 5.57. The van der Waals surface area contributed by atoms with Crippen molar-refractivity contribution in [3.63, 3.8) is 0 Å². The van der Waals surface area contributed by atoms with Crippen molar-refractivity contribution in [1.82, 2.24) is 0 Å². The van der Waals surface area contributed by atoms with Gasteiger partial charge in [0, 0.05) is 6.42 Å². The first kappa shape index (κ1) is 13.0. The Labute approximate surface area is 98.6 Å². The minimum Gasteiger partial charge on any atom is -0.469 e. The van der Waals surface area contributed by atoms with Gasteiger partial charge in [-0.05, 0) is 11.1 Å². The van der Waals surface area contributed by atoms with Crippen molar-refractivity contribution < 1.29 is 9.53 Å². The molecule has 1 unspecified atom stereocenters. The average Bonchev–Trinajstić information content (AvgIpc) is 2.25. The summed E-state index contributed by atoms with van der Waals surface area (Å²) in [4.78, 5) is 11.4. The molecule has 88 valence electrons. The van der Waals surface area contributed by atoms with Gasteiger partial charge in [-0.2, -0.15) is 0 Å². The Bertz CT molecular complexity index is 341. The van der Waals surface area contributed by atoms with E-state index in [9.17, 15) is 4.79 Å². The van der Waals surface area contributed by atoms with E-state index in [1.807, 2.05) is 18.2 Å². The number of ether oxygens (including phenoxy) is 1. The van der Waals surface area contributed by atoms with Crippen LogP contribution in [0.25, 0.3) is 0 Å². The van der Waals surface area contributed by atoms with Crippen molar-refractivity contribution >= 4 is 14.0 Å². The van der Waals surface area contributed by atoms with E-state index in [0.29, 0.717) is 12.0 Å². The van der Waals surface area contributed by atoms with Crippen molar-refractivity contribution in [2.75, 3.05) is 7.11 Å². The van der Waals surface area contributed by atoms with Crippen molar-refractivity contribution in [3.8, 4) is 0 Å². The Hall–Kier alpha value is -1.09. The van der Waals surface area contributed by atoms with Gasteiger partial charge in [-0.15, -0.1) is 0 Å². The fourth-order valence-electron chi connectivity index (χ4n) is 1.86. The standard InChI is InChI=1S/C13H20O2Si/c1-15-13(14)10-12(16(2,3)4)11-8-6-5-7-9-11/h5-9,12H,10H2,1-4H3. The lowest BCUT2D eigenvalue weighted by atomic mass is 10.1. The third-order valence-corrected chi connectivity index (χ3v) is 5.47. The summed E-state index contributed by atoms with van der Waals surface area (Å²) in [7, 11) is 0.0456. The molecular formula is C13H20O2Si. The van der Waals surface area contributed by atoms with Gasteiger partial charge >= 0.3 is 5.97 Å². The Morgan fingerprint density at radius 1 is 1.25 bits per heavy atom. The molecule has 1 aromatic rings. The number of carbonyl (C=O) groups excluding carboxylic acids is 1. The molecule has 0 aliphatic rings. The highest BCUT2D eigenvalue weighted by atomic mass is 28.3. The number of hydrogen-bond acceptors (Lipinski definition) is 2. The number of esters is 1. The number of carbonyl (C=O) groups is 1. The molecule has 0 fully saturated rings. The van der Waals surface area contributed by atoms with Gasteiger partial charge in [-0.3, -0.25) is 4.79 Å². The second kappa shape index (κ2) is 5.30. The summed E-state index contributed by atoms with van der Waals surface area (Å²) in [6.07, 6.45) is 0.496. The van der Waals surface area contributed by atoms with Gasteiger partial charge in [0.2, 0.25) is 0 Å². The van der Waals surface area contributed by atoms with Crippen LogP contribution in [0.1, 0.15) is 17.5 Å². The lowest BCUT2D eigenvalue weighted by Gasteiger charge is -2.28. The molecule has 1 atom stereocenters. The maximum atomic E-state index is 11.4. The van der Waals surface area contributed by atoms with Crippen LogP contribution in [0.4, 0.5) is 0 Å². The minimum atomic E-state index is -1.41. The van der Waals surface area contributed by atoms with Crippen LogP contribution in [0, 0.1) is 0 Å². The fraction of sp³-hybridized carbons (Fsp3) is 0.462. The fourth-order valence-corrected chi connectivity index (χ4v) is 3.83. The third kappa shape index (κ3) is 3.49. The van der Waals surface area contributed by atoms with E-state index in [4.69, 9.17) is 4.74 Å². The molecule has 0 spiro atoms. The molecule has 0 bridgehead atoms. The lowest BCUT2D eigenvalue weighted by molar-refractivity contribution is -0.140. The summed E-state index contributed by atoms with van der Waals surface area (Å²) in [5.41, 5.74) is 1.59. The number of hydrogen-bond donors (Lipinski definition) is 0. The van der Waals surface area contributed by atoms with E-state index < -0.39 is 8.07 Å². The molecule has 0 aliphatic heterocycles. The predicted molar refractivity (Wildman–Crippen MR) is 69.2 cm³/mol. The lowest BCUT2D eigenvalue weighted by Crippen LogP contribution is -2.33. The third-order valence-electron chi connectivity index (χ3n) is 2.85. The van der Waals surface area contributed by atoms with Gasteiger partial charge in [0.25, 0.3) is 0 Å². The Balaban J connectivity index is 2.93. The van der Waals surface area contributed by atoms with Gasteiger partial charge in [0.15, 0.2) is 0 Å². The number of benzene rings is 1. The minimum absolute atomic E-state index is 0.115. The maximum Gasteiger partial charge on any atom is 0.305 e. The summed E-state index contributed by atoms with van der Waals surface area (Å²) in [5, 5.41) is 0. The molecule has 16 heavy (non-hydrogen) atoms. The summed E-state index contributed by atoms with van der Waals surface area (Å²) in [5.74, 6) is -0.115. The Morgan fingerprint density at radius 3 is 2.25 bits per heavy atom. The van der Waals surface area contributed by atoms with Crippen LogP contribution in [0.5, 0.6) is 0 Å². The van der Waals surface area contributed by atoms with Crippen LogP contribution in [-0.4, -0.2) is 21.2 Å². The van der Waals surface area contributed by atoms with Gasteiger partial charge in [0.05, 0.1) is 15.2 Å². The van der Waals surface area contributed by atoms with Crippen molar-refractivity contribution in [3.05, 3.63) is 35.9 Å². The topological polar surface area (TPSA) is 26.3 Å². The SMILES string of the molecule is COC(=O)CC(c1ccccc1)[Si](C)(C)C. The molecule has 1 aromatic carbocycles. The van der Waals surface area contributed by atoms with Gasteiger partial charge in [-0.1, -0.05) is 50.0 Å². The average molecular weight is 236 g/mol.